The first-order valence-corrected chi connectivity index (χ1v) is 5.85. The highest BCUT2D eigenvalue weighted by atomic mass is 19.4. The van der Waals surface area contributed by atoms with Crippen molar-refractivity contribution in [2.24, 2.45) is 0 Å². The number of hydrogen-bond donors (Lipinski definition) is 2. The lowest BCUT2D eigenvalue weighted by atomic mass is 10.3. The summed E-state index contributed by atoms with van der Waals surface area (Å²) in [6.07, 6.45) is -3.58. The maximum Gasteiger partial charge on any atom is 0.471 e. The van der Waals surface area contributed by atoms with Crippen molar-refractivity contribution in [3.63, 3.8) is 0 Å². The second-order valence-corrected chi connectivity index (χ2v) is 4.31. The van der Waals surface area contributed by atoms with Crippen molar-refractivity contribution in [1.29, 1.82) is 0 Å². The summed E-state index contributed by atoms with van der Waals surface area (Å²) in [5.74, 6) is 2.58. The summed E-state index contributed by atoms with van der Waals surface area (Å²) in [6, 6.07) is -0.170. The zero-order chi connectivity index (χ0) is 16.2. The van der Waals surface area contributed by atoms with E-state index in [0.717, 1.165) is 0 Å². The van der Waals surface area contributed by atoms with Crippen molar-refractivity contribution in [3.8, 4) is 11.8 Å². The molecule has 1 aromatic rings. The van der Waals surface area contributed by atoms with Crippen molar-refractivity contribution in [2.45, 2.75) is 26.1 Å². The Bertz CT molecular complexity index is 653. The summed E-state index contributed by atoms with van der Waals surface area (Å²) >= 11 is 0. The molecule has 9 heteroatoms. The average molecular weight is 302 g/mol. The number of alkyl halides is 3. The molecule has 0 saturated heterocycles. The highest BCUT2D eigenvalue weighted by Gasteiger charge is 2.38. The summed E-state index contributed by atoms with van der Waals surface area (Å²) in [7, 11) is 0. The average Bonchev–Trinajstić information content (AvgIpc) is 2.34. The van der Waals surface area contributed by atoms with Gasteiger partial charge in [-0.3, -0.25) is 9.36 Å². The maximum absolute atomic E-state index is 11.9. The summed E-state index contributed by atoms with van der Waals surface area (Å²) < 4.78 is 37.1. The van der Waals surface area contributed by atoms with E-state index in [1.807, 2.05) is 0 Å². The Hall–Kier alpha value is -2.50. The Labute approximate surface area is 118 Å². The highest BCUT2D eigenvalue weighted by Crippen LogP contribution is 2.13. The fourth-order valence-electron chi connectivity index (χ4n) is 1.31. The number of nitrogens with one attached hydrogen (secondary N) is 1. The molecule has 21 heavy (non-hydrogen) atoms. The van der Waals surface area contributed by atoms with Crippen LogP contribution in [0.2, 0.25) is 0 Å². The van der Waals surface area contributed by atoms with Crippen LogP contribution < -0.4 is 16.7 Å². The third-order valence-electron chi connectivity index (χ3n) is 2.36. The second-order valence-electron chi connectivity index (χ2n) is 4.31. The van der Waals surface area contributed by atoms with Crippen molar-refractivity contribution in [2.75, 3.05) is 12.3 Å². The minimum atomic E-state index is -4.95. The molecule has 6 nitrogen and oxygen atoms in total. The molecule has 0 fully saturated rings. The summed E-state index contributed by atoms with van der Waals surface area (Å²) in [5, 5.41) is 1.59. The van der Waals surface area contributed by atoms with Gasteiger partial charge in [0.15, 0.2) is 0 Å². The molecule has 1 rings (SSSR count). The van der Waals surface area contributed by atoms with Crippen LogP contribution in [0, 0.1) is 11.8 Å². The number of rotatable bonds is 2. The number of halogens is 3. The van der Waals surface area contributed by atoms with Crippen molar-refractivity contribution >= 4 is 11.7 Å². The van der Waals surface area contributed by atoms with Crippen molar-refractivity contribution in [1.82, 2.24) is 14.9 Å². The number of hydrogen-bond acceptors (Lipinski definition) is 4. The first-order chi connectivity index (χ1) is 9.62. The Balaban J connectivity index is 2.86. The molecule has 0 aromatic carbocycles. The highest BCUT2D eigenvalue weighted by molar-refractivity contribution is 5.81. The summed E-state index contributed by atoms with van der Waals surface area (Å²) in [4.78, 5) is 25.6. The van der Waals surface area contributed by atoms with E-state index in [9.17, 15) is 22.8 Å². The molecule has 0 spiro atoms. The minimum absolute atomic E-state index is 0.119. The molecule has 0 aliphatic rings. The van der Waals surface area contributed by atoms with Gasteiger partial charge in [-0.15, -0.1) is 0 Å². The number of carbonyl (C=O) groups excluding carboxylic acids is 1. The number of aromatic nitrogens is 2. The van der Waals surface area contributed by atoms with Gasteiger partial charge in [-0.05, 0) is 13.8 Å². The molecule has 0 atom stereocenters. The number of nitrogen functional groups attached to an aromatic ring is 1. The maximum atomic E-state index is 11.9. The fraction of sp³-hybridized carbons (Fsp3) is 0.417. The summed E-state index contributed by atoms with van der Waals surface area (Å²) in [5.41, 5.74) is 5.16. The number of nitrogens with zero attached hydrogens (tertiary/aromatic N) is 2. The van der Waals surface area contributed by atoms with Crippen molar-refractivity contribution < 1.29 is 18.0 Å². The molecular weight excluding hydrogens is 289 g/mol. The Kier molecular flexibility index (Phi) is 4.97. The Morgan fingerprint density at radius 3 is 2.67 bits per heavy atom. The van der Waals surface area contributed by atoms with Crippen LogP contribution in [-0.4, -0.2) is 28.2 Å². The van der Waals surface area contributed by atoms with Crippen molar-refractivity contribution in [3.05, 3.63) is 22.2 Å². The number of amides is 1. The standard InChI is InChI=1S/C12H13F3N4O2/c1-7(2)19-6-8(9(16)18-11(19)21)4-3-5-17-10(20)12(13,14)15/h6-7H,5H2,1-2H3,(H,17,20)(H2,16,18,21). The van der Waals surface area contributed by atoms with Crippen LogP contribution in [0.15, 0.2) is 11.0 Å². The Morgan fingerprint density at radius 2 is 2.14 bits per heavy atom. The second kappa shape index (κ2) is 6.30. The molecule has 0 aliphatic carbocycles. The molecule has 0 bridgehead atoms. The Morgan fingerprint density at radius 1 is 1.52 bits per heavy atom. The van der Waals surface area contributed by atoms with Crippen LogP contribution in [0.25, 0.3) is 0 Å². The van der Waals surface area contributed by atoms with Crippen LogP contribution in [0.4, 0.5) is 19.0 Å². The normalized spacial score (nSPS) is 11.0. The molecule has 114 valence electrons. The van der Waals surface area contributed by atoms with Gasteiger partial charge in [-0.25, -0.2) is 4.79 Å². The lowest BCUT2D eigenvalue weighted by Gasteiger charge is -2.09. The minimum Gasteiger partial charge on any atom is -0.382 e. The van der Waals surface area contributed by atoms with Gasteiger partial charge < -0.3 is 11.1 Å². The van der Waals surface area contributed by atoms with Gasteiger partial charge in [0, 0.05) is 12.2 Å². The van der Waals surface area contributed by atoms with E-state index in [1.165, 1.54) is 10.8 Å². The van der Waals surface area contributed by atoms with Crippen LogP contribution >= 0.6 is 0 Å². The van der Waals surface area contributed by atoms with Gasteiger partial charge in [-0.2, -0.15) is 18.2 Å². The zero-order valence-electron chi connectivity index (χ0n) is 11.3. The van der Waals surface area contributed by atoms with Crippen LogP contribution in [-0.2, 0) is 4.79 Å². The molecule has 3 N–H and O–H groups in total. The quantitative estimate of drug-likeness (QED) is 0.776. The smallest absolute Gasteiger partial charge is 0.382 e. The molecule has 1 amide bonds. The monoisotopic (exact) mass is 302 g/mol. The van der Waals surface area contributed by atoms with E-state index in [1.54, 1.807) is 19.2 Å². The summed E-state index contributed by atoms with van der Waals surface area (Å²) in [6.45, 7) is 3.00. The largest absolute Gasteiger partial charge is 0.471 e. The van der Waals surface area contributed by atoms with E-state index < -0.39 is 24.3 Å². The third kappa shape index (κ3) is 4.52. The topological polar surface area (TPSA) is 90.0 Å². The van der Waals surface area contributed by atoms with Gasteiger partial charge >= 0.3 is 17.8 Å². The van der Waals surface area contributed by atoms with Gasteiger partial charge in [0.1, 0.15) is 5.82 Å². The van der Waals surface area contributed by atoms with E-state index >= 15 is 0 Å². The predicted octanol–water partition coefficient (Wildman–Crippen LogP) is 0.436. The van der Waals surface area contributed by atoms with E-state index in [4.69, 9.17) is 5.73 Å². The third-order valence-corrected chi connectivity index (χ3v) is 2.36. The SMILES string of the molecule is CC(C)n1cc(C#CCNC(=O)C(F)(F)F)c(N)nc1=O. The van der Waals surface area contributed by atoms with Gasteiger partial charge in [-0.1, -0.05) is 11.8 Å². The van der Waals surface area contributed by atoms with Crippen LogP contribution in [0.1, 0.15) is 25.5 Å². The van der Waals surface area contributed by atoms with E-state index in [2.05, 4.69) is 16.8 Å². The molecular formula is C12H13F3N4O2. The fourth-order valence-corrected chi connectivity index (χ4v) is 1.31. The lowest BCUT2D eigenvalue weighted by Crippen LogP contribution is -2.36. The molecule has 0 saturated carbocycles. The molecule has 0 unspecified atom stereocenters. The van der Waals surface area contributed by atoms with Gasteiger partial charge in [0.05, 0.1) is 12.1 Å². The van der Waals surface area contributed by atoms with Crippen LogP contribution in [0.5, 0.6) is 0 Å². The molecule has 0 radical (unpaired) electrons. The van der Waals surface area contributed by atoms with Crippen LogP contribution in [0.3, 0.4) is 0 Å². The molecule has 0 aliphatic heterocycles. The number of carbonyl (C=O) groups is 1. The first-order valence-electron chi connectivity index (χ1n) is 5.85. The van der Waals surface area contributed by atoms with E-state index in [-0.39, 0.29) is 17.4 Å². The zero-order valence-corrected chi connectivity index (χ0v) is 11.3. The van der Waals surface area contributed by atoms with Gasteiger partial charge in [0.2, 0.25) is 0 Å². The number of anilines is 1. The first kappa shape index (κ1) is 16.6. The molecule has 1 aromatic heterocycles. The number of nitrogens with two attached hydrogens (primary N) is 1. The van der Waals surface area contributed by atoms with Gasteiger partial charge in [0.25, 0.3) is 0 Å². The molecule has 1 heterocycles. The predicted molar refractivity (Wildman–Crippen MR) is 69.2 cm³/mol. The van der Waals surface area contributed by atoms with E-state index in [0.29, 0.717) is 0 Å². The lowest BCUT2D eigenvalue weighted by molar-refractivity contribution is -0.173.